The molecule has 0 radical (unpaired) electrons. The molecule has 0 aliphatic carbocycles. The number of allylic oxidation sites excluding steroid dienone is 2. The molecule has 474 valence electrons. The molecule has 1 aliphatic heterocycles. The van der Waals surface area contributed by atoms with E-state index in [0.29, 0.717) is 6.42 Å². The monoisotopic (exact) mass is 1170 g/mol. The fourth-order valence-electron chi connectivity index (χ4n) is 10.2. The van der Waals surface area contributed by atoms with Crippen LogP contribution in [-0.2, 0) is 52.7 Å². The Bertz CT molecular complexity index is 2270. The van der Waals surface area contributed by atoms with Crippen molar-refractivity contribution in [1.82, 2.24) is 56.0 Å². The number of carbonyl (C=O) groups is 11. The highest BCUT2D eigenvalue weighted by molar-refractivity contribution is 5.99. The topological polar surface area (TPSA) is 288 Å². The third-order valence-electron chi connectivity index (χ3n) is 15.3. The molecule has 0 aromatic carbocycles. The Labute approximate surface area is 495 Å². The summed E-state index contributed by atoms with van der Waals surface area (Å²) < 4.78 is 0. The number of aliphatic hydroxyl groups is 1. The maximum atomic E-state index is 15.0. The average molecular weight is 1170 g/mol. The van der Waals surface area contributed by atoms with Gasteiger partial charge in [-0.15, -0.1) is 0 Å². The van der Waals surface area contributed by atoms with Gasteiger partial charge in [-0.25, -0.2) is 0 Å². The molecule has 1 aliphatic rings. The predicted molar refractivity (Wildman–Crippen MR) is 319 cm³/mol. The number of carbonyl (C=O) groups excluding carboxylic acids is 11. The van der Waals surface area contributed by atoms with Crippen LogP contribution in [0.3, 0.4) is 0 Å². The second-order valence-corrected chi connectivity index (χ2v) is 25.4. The summed E-state index contributed by atoms with van der Waals surface area (Å²) in [6, 6.07) is -12.4. The van der Waals surface area contributed by atoms with Gasteiger partial charge in [0.1, 0.15) is 60.4 Å². The molecule has 23 nitrogen and oxygen atoms in total. The number of rotatable bonds is 14. The lowest BCUT2D eigenvalue weighted by molar-refractivity contribution is -0.154. The smallest absolute Gasteiger partial charge is 0.246 e. The fraction of sp³-hybridized carbons (Fsp3) is 0.783. The SMILES string of the molecule is C/C=C/C[C@@H](C)[C@@H](O)[C@H]1C(=O)N[C@@H](C)C(=O)N(C)CC(=O)N(C)[C@H](CC(C)C)C(=O)N[C@H](C(C)C)C(=O)N(C)[C@H](CC(C)C)C(=O)N[C@@H](C)C(=O)N[C@H](C)C(=O)N(C)[C@@H](CC(C)C)C(=O)N[C@@H](CC(C)C)C(=O)N(C)[C@@H](C(C)C)C(=O)N1C. The number of likely N-dealkylation sites (N-methyl/N-ethyl adjacent to an activating group) is 6. The van der Waals surface area contributed by atoms with E-state index in [2.05, 4.69) is 26.6 Å². The molecule has 11 amide bonds. The van der Waals surface area contributed by atoms with Crippen LogP contribution in [0.15, 0.2) is 12.2 Å². The molecule has 12 atom stereocenters. The van der Waals surface area contributed by atoms with Gasteiger partial charge < -0.3 is 61.1 Å². The summed E-state index contributed by atoms with van der Waals surface area (Å²) in [5, 5.41) is 25.7. The number of nitrogens with one attached hydrogen (secondary N) is 5. The standard InChI is InChI=1S/C60H107N11O12/c1-24-25-26-38(14)50(73)49-55(78)63-40(16)56(79)66(18)31-46(72)67(19)43(28-33(4)5)54(77)65-47(36(10)11)59(82)69(21)44(29-34(6)7)52(75)61-39(15)51(74)62-41(17)57(80)68(20)45(30-35(8)9)53(76)64-42(27-32(2)3)58(81)70(22)48(37(12)13)60(83)71(49)23/h24-25,32-45,47-50,73H,26-31H2,1-23H3,(H,61,75)(H,62,74)(H,63,78)(H,64,76)(H,65,77)/b25-24+/t38-,39+,40+,41-,42+,43-,44-,45+,47-,48+,49+,50-/m1/s1. The molecular weight excluding hydrogens is 1070 g/mol. The molecule has 23 heteroatoms. The van der Waals surface area contributed by atoms with Gasteiger partial charge in [0, 0.05) is 42.3 Å². The summed E-state index contributed by atoms with van der Waals surface area (Å²) in [5.41, 5.74) is 0. The van der Waals surface area contributed by atoms with Gasteiger partial charge in [0.2, 0.25) is 65.0 Å². The van der Waals surface area contributed by atoms with Gasteiger partial charge in [-0.05, 0) is 101 Å². The third kappa shape index (κ3) is 21.8. The first kappa shape index (κ1) is 74.9. The van der Waals surface area contributed by atoms with Crippen LogP contribution >= 0.6 is 0 Å². The van der Waals surface area contributed by atoms with Crippen LogP contribution in [0.4, 0.5) is 0 Å². The van der Waals surface area contributed by atoms with Crippen molar-refractivity contribution < 1.29 is 57.8 Å². The van der Waals surface area contributed by atoms with E-state index in [4.69, 9.17) is 0 Å². The minimum Gasteiger partial charge on any atom is -0.390 e. The lowest BCUT2D eigenvalue weighted by atomic mass is 9.91. The molecule has 0 bridgehead atoms. The largest absolute Gasteiger partial charge is 0.390 e. The van der Waals surface area contributed by atoms with Crippen LogP contribution in [0.1, 0.15) is 150 Å². The van der Waals surface area contributed by atoms with Gasteiger partial charge in [0.15, 0.2) is 0 Å². The van der Waals surface area contributed by atoms with Crippen molar-refractivity contribution in [1.29, 1.82) is 0 Å². The summed E-state index contributed by atoms with van der Waals surface area (Å²) in [5.74, 6) is -9.94. The summed E-state index contributed by atoms with van der Waals surface area (Å²) in [7, 11) is 8.35. The zero-order valence-electron chi connectivity index (χ0n) is 54.4. The maximum Gasteiger partial charge on any atom is 0.246 e. The first-order chi connectivity index (χ1) is 38.2. The van der Waals surface area contributed by atoms with Crippen molar-refractivity contribution in [3.63, 3.8) is 0 Å². The normalized spacial score (nSPS) is 27.1. The van der Waals surface area contributed by atoms with Crippen LogP contribution in [0, 0.1) is 41.4 Å². The third-order valence-corrected chi connectivity index (χ3v) is 15.3. The number of hydrogen-bond acceptors (Lipinski definition) is 12. The second kappa shape index (κ2) is 34.0. The molecule has 1 saturated heterocycles. The molecule has 1 rings (SSSR count). The summed E-state index contributed by atoms with van der Waals surface area (Å²) >= 11 is 0. The molecule has 0 spiro atoms. The van der Waals surface area contributed by atoms with Crippen molar-refractivity contribution in [3.05, 3.63) is 12.2 Å². The number of hydrogen-bond donors (Lipinski definition) is 6. The molecule has 83 heavy (non-hydrogen) atoms. The minimum absolute atomic E-state index is 0.119. The van der Waals surface area contributed by atoms with Gasteiger partial charge >= 0.3 is 0 Å². The maximum absolute atomic E-state index is 15.0. The lowest BCUT2D eigenvalue weighted by Gasteiger charge is -2.40. The quantitative estimate of drug-likeness (QED) is 0.137. The molecule has 1 fully saturated rings. The first-order valence-electron chi connectivity index (χ1n) is 29.6. The Morgan fingerprint density at radius 2 is 0.855 bits per heavy atom. The van der Waals surface area contributed by atoms with Gasteiger partial charge in [-0.3, -0.25) is 52.7 Å². The van der Waals surface area contributed by atoms with E-state index in [1.807, 2.05) is 55.4 Å². The van der Waals surface area contributed by atoms with Crippen molar-refractivity contribution in [2.24, 2.45) is 41.4 Å². The zero-order valence-corrected chi connectivity index (χ0v) is 54.4. The van der Waals surface area contributed by atoms with Gasteiger partial charge in [0.05, 0.1) is 12.6 Å². The molecule has 1 heterocycles. The van der Waals surface area contributed by atoms with Gasteiger partial charge in [0.25, 0.3) is 0 Å². The first-order valence-corrected chi connectivity index (χ1v) is 29.6. The predicted octanol–water partition coefficient (Wildman–Crippen LogP) is 2.54. The van der Waals surface area contributed by atoms with Crippen molar-refractivity contribution in [2.45, 2.75) is 216 Å². The van der Waals surface area contributed by atoms with Crippen molar-refractivity contribution in [2.75, 3.05) is 48.8 Å². The van der Waals surface area contributed by atoms with Gasteiger partial charge in [-0.1, -0.05) is 102 Å². The fourth-order valence-corrected chi connectivity index (χ4v) is 10.2. The van der Waals surface area contributed by atoms with E-state index < -0.39 is 156 Å². The van der Waals surface area contributed by atoms with Crippen LogP contribution < -0.4 is 26.6 Å². The highest BCUT2D eigenvalue weighted by Crippen LogP contribution is 2.24. The van der Waals surface area contributed by atoms with Crippen LogP contribution in [0.2, 0.25) is 0 Å². The van der Waals surface area contributed by atoms with Crippen LogP contribution in [0.5, 0.6) is 0 Å². The molecule has 0 aromatic rings. The minimum atomic E-state index is -1.61. The van der Waals surface area contributed by atoms with Crippen LogP contribution in [-0.4, -0.2) is 215 Å². The van der Waals surface area contributed by atoms with Crippen molar-refractivity contribution in [3.8, 4) is 0 Å². The summed E-state index contributed by atoms with van der Waals surface area (Å²) in [6.45, 7) is 28.9. The Kier molecular flexibility index (Phi) is 30.7. The Morgan fingerprint density at radius 1 is 0.446 bits per heavy atom. The average Bonchev–Trinajstić information content (AvgIpc) is 3.38. The number of amides is 11. The van der Waals surface area contributed by atoms with E-state index >= 15 is 0 Å². The highest BCUT2D eigenvalue weighted by atomic mass is 16.3. The van der Waals surface area contributed by atoms with Gasteiger partial charge in [-0.2, -0.15) is 0 Å². The Morgan fingerprint density at radius 3 is 1.31 bits per heavy atom. The lowest BCUT2D eigenvalue weighted by Crippen LogP contribution is -2.63. The Hall–Kier alpha value is -6.13. The van der Waals surface area contributed by atoms with Crippen LogP contribution in [0.25, 0.3) is 0 Å². The molecule has 0 saturated carbocycles. The molecule has 0 aromatic heterocycles. The Balaban J connectivity index is 4.22. The number of nitrogens with zero attached hydrogens (tertiary/aromatic N) is 6. The molecule has 6 N–H and O–H groups in total. The molecule has 0 unspecified atom stereocenters. The molecular formula is C60H107N11O12. The van der Waals surface area contributed by atoms with Crippen molar-refractivity contribution >= 4 is 65.0 Å². The van der Waals surface area contributed by atoms with E-state index in [-0.39, 0.29) is 49.4 Å². The summed E-state index contributed by atoms with van der Waals surface area (Å²) in [4.78, 5) is 165. The summed E-state index contributed by atoms with van der Waals surface area (Å²) in [6.07, 6.45) is 2.96. The van der Waals surface area contributed by atoms with E-state index in [1.165, 1.54) is 82.7 Å². The van der Waals surface area contributed by atoms with E-state index in [1.54, 1.807) is 53.7 Å². The van der Waals surface area contributed by atoms with E-state index in [0.717, 1.165) is 9.80 Å². The second-order valence-electron chi connectivity index (χ2n) is 25.4. The highest BCUT2D eigenvalue weighted by Gasteiger charge is 2.44. The van der Waals surface area contributed by atoms with E-state index in [9.17, 15) is 57.8 Å². The number of aliphatic hydroxyl groups excluding tert-OH is 1. The zero-order chi connectivity index (χ0) is 64.4.